The summed E-state index contributed by atoms with van der Waals surface area (Å²) in [5.41, 5.74) is 5.14. The van der Waals surface area contributed by atoms with E-state index in [9.17, 15) is 4.79 Å². The van der Waals surface area contributed by atoms with Gasteiger partial charge < -0.3 is 16.2 Å². The first-order valence-electron chi connectivity index (χ1n) is 4.30. The number of nitrogens with two attached hydrogens (primary N) is 1. The van der Waals surface area contributed by atoms with Gasteiger partial charge >= 0.3 is 0 Å². The van der Waals surface area contributed by atoms with Crippen LogP contribution < -0.4 is 11.1 Å². The minimum atomic E-state index is -0.320. The summed E-state index contributed by atoms with van der Waals surface area (Å²) in [6.07, 6.45) is 0.709. The van der Waals surface area contributed by atoms with Crippen molar-refractivity contribution in [2.75, 3.05) is 19.4 Å². The van der Waals surface area contributed by atoms with E-state index in [0.717, 1.165) is 5.75 Å². The van der Waals surface area contributed by atoms with Crippen LogP contribution in [0.3, 0.4) is 0 Å². The van der Waals surface area contributed by atoms with Crippen molar-refractivity contribution in [3.8, 4) is 0 Å². The molecule has 0 heterocycles. The van der Waals surface area contributed by atoms with Gasteiger partial charge in [0.05, 0.1) is 12.6 Å². The van der Waals surface area contributed by atoms with Crippen LogP contribution in [-0.2, 0) is 4.79 Å². The van der Waals surface area contributed by atoms with Gasteiger partial charge in [-0.15, -0.1) is 0 Å². The quantitative estimate of drug-likeness (QED) is 0.528. The molecule has 1 amide bonds. The molecule has 13 heavy (non-hydrogen) atoms. The van der Waals surface area contributed by atoms with E-state index in [0.29, 0.717) is 6.42 Å². The van der Waals surface area contributed by atoms with Gasteiger partial charge in [-0.25, -0.2) is 0 Å². The fourth-order valence-corrected chi connectivity index (χ4v) is 1.75. The average Bonchev–Trinajstić information content (AvgIpc) is 2.11. The second-order valence-electron chi connectivity index (χ2n) is 2.90. The van der Waals surface area contributed by atoms with E-state index in [4.69, 9.17) is 10.8 Å². The first-order chi connectivity index (χ1) is 6.11. The van der Waals surface area contributed by atoms with Gasteiger partial charge in [0.2, 0.25) is 5.91 Å². The summed E-state index contributed by atoms with van der Waals surface area (Å²) in [5, 5.41) is 11.8. The Bertz CT molecular complexity index is 155. The van der Waals surface area contributed by atoms with Crippen LogP contribution in [-0.4, -0.2) is 41.7 Å². The molecule has 0 aliphatic carbocycles. The maximum absolute atomic E-state index is 10.8. The summed E-state index contributed by atoms with van der Waals surface area (Å²) >= 11 is 1.64. The minimum absolute atomic E-state index is 0.172. The van der Waals surface area contributed by atoms with Gasteiger partial charge in [-0.3, -0.25) is 4.79 Å². The van der Waals surface area contributed by atoms with E-state index in [-0.39, 0.29) is 23.8 Å². The number of carbonyl (C=O) groups is 1. The van der Waals surface area contributed by atoms with Crippen molar-refractivity contribution in [2.45, 2.75) is 24.6 Å². The van der Waals surface area contributed by atoms with Crippen molar-refractivity contribution in [1.82, 2.24) is 5.32 Å². The summed E-state index contributed by atoms with van der Waals surface area (Å²) in [6, 6.07) is -0.251. The third kappa shape index (κ3) is 5.90. The lowest BCUT2D eigenvalue weighted by Crippen LogP contribution is -2.39. The fraction of sp³-hybridized carbons (Fsp3) is 0.875. The molecule has 0 aliphatic heterocycles. The summed E-state index contributed by atoms with van der Waals surface area (Å²) in [5.74, 6) is 0.510. The number of aliphatic hydroxyl groups excluding tert-OH is 1. The number of nitrogens with one attached hydrogen (secondary N) is 1. The van der Waals surface area contributed by atoms with E-state index in [1.54, 1.807) is 18.8 Å². The van der Waals surface area contributed by atoms with Crippen LogP contribution >= 0.6 is 11.8 Å². The van der Waals surface area contributed by atoms with Crippen LogP contribution in [0.1, 0.15) is 13.3 Å². The number of rotatable bonds is 7. The lowest BCUT2D eigenvalue weighted by Gasteiger charge is -2.13. The Kier molecular flexibility index (Phi) is 7.03. The number of primary amides is 1. The number of aliphatic hydroxyl groups is 1. The van der Waals surface area contributed by atoms with Crippen LogP contribution in [0.15, 0.2) is 0 Å². The first kappa shape index (κ1) is 12.7. The molecule has 0 radical (unpaired) electrons. The minimum Gasteiger partial charge on any atom is -0.395 e. The van der Waals surface area contributed by atoms with Gasteiger partial charge in [-0.05, 0) is 19.2 Å². The Morgan fingerprint density at radius 3 is 2.69 bits per heavy atom. The standard InChI is InChI=1S/C8H18N2O2S/c1-6(5-11)13-4-3-7(10-2)8(9)12/h6-7,10-11H,3-5H2,1-2H3,(H2,9,12). The highest BCUT2D eigenvalue weighted by atomic mass is 32.2. The maximum Gasteiger partial charge on any atom is 0.234 e. The molecular weight excluding hydrogens is 188 g/mol. The van der Waals surface area contributed by atoms with E-state index in [2.05, 4.69) is 5.32 Å². The van der Waals surface area contributed by atoms with Crippen LogP contribution in [0.2, 0.25) is 0 Å². The molecule has 0 aromatic carbocycles. The number of amides is 1. The summed E-state index contributed by atoms with van der Waals surface area (Å²) < 4.78 is 0. The molecule has 4 nitrogen and oxygen atoms in total. The van der Waals surface area contributed by atoms with Crippen molar-refractivity contribution in [3.63, 3.8) is 0 Å². The molecule has 0 fully saturated rings. The normalized spacial score (nSPS) is 15.3. The number of carbonyl (C=O) groups excluding carboxylic acids is 1. The largest absolute Gasteiger partial charge is 0.395 e. The smallest absolute Gasteiger partial charge is 0.234 e. The summed E-state index contributed by atoms with van der Waals surface area (Å²) in [7, 11) is 1.72. The molecule has 0 bridgehead atoms. The molecule has 0 aromatic heterocycles. The van der Waals surface area contributed by atoms with E-state index in [1.165, 1.54) is 0 Å². The van der Waals surface area contributed by atoms with E-state index in [1.807, 2.05) is 6.92 Å². The Labute approximate surface area is 83.3 Å². The Hall–Kier alpha value is -0.260. The Balaban J connectivity index is 3.55. The zero-order valence-corrected chi connectivity index (χ0v) is 8.93. The predicted molar refractivity (Wildman–Crippen MR) is 55.7 cm³/mol. The zero-order chi connectivity index (χ0) is 10.3. The van der Waals surface area contributed by atoms with Crippen LogP contribution in [0, 0.1) is 0 Å². The number of thioether (sulfide) groups is 1. The third-order valence-corrected chi connectivity index (χ3v) is 2.95. The van der Waals surface area contributed by atoms with E-state index < -0.39 is 0 Å². The van der Waals surface area contributed by atoms with Crippen molar-refractivity contribution >= 4 is 17.7 Å². The molecule has 4 N–H and O–H groups in total. The number of hydrogen-bond donors (Lipinski definition) is 3. The molecule has 0 aliphatic rings. The van der Waals surface area contributed by atoms with Gasteiger partial charge in [0, 0.05) is 5.25 Å². The topological polar surface area (TPSA) is 75.3 Å². The van der Waals surface area contributed by atoms with Crippen LogP contribution in [0.4, 0.5) is 0 Å². The van der Waals surface area contributed by atoms with Gasteiger partial charge in [0.15, 0.2) is 0 Å². The molecule has 78 valence electrons. The average molecular weight is 206 g/mol. The van der Waals surface area contributed by atoms with Gasteiger partial charge in [-0.2, -0.15) is 11.8 Å². The summed E-state index contributed by atoms with van der Waals surface area (Å²) in [4.78, 5) is 10.8. The molecular formula is C8H18N2O2S. The van der Waals surface area contributed by atoms with Crippen LogP contribution in [0.5, 0.6) is 0 Å². The molecule has 2 unspecified atom stereocenters. The zero-order valence-electron chi connectivity index (χ0n) is 8.12. The highest BCUT2D eigenvalue weighted by Crippen LogP contribution is 2.11. The molecule has 0 spiro atoms. The highest BCUT2D eigenvalue weighted by Gasteiger charge is 2.12. The summed E-state index contributed by atoms with van der Waals surface area (Å²) in [6.45, 7) is 2.12. The molecule has 0 saturated carbocycles. The van der Waals surface area contributed by atoms with Gasteiger partial charge in [-0.1, -0.05) is 6.92 Å². The monoisotopic (exact) mass is 206 g/mol. The molecule has 0 aromatic rings. The van der Waals surface area contributed by atoms with Crippen molar-refractivity contribution in [2.24, 2.45) is 5.73 Å². The Morgan fingerprint density at radius 2 is 2.31 bits per heavy atom. The second-order valence-corrected chi connectivity index (χ2v) is 4.44. The molecule has 5 heteroatoms. The lowest BCUT2D eigenvalue weighted by molar-refractivity contribution is -0.119. The predicted octanol–water partition coefficient (Wildman–Crippen LogP) is -0.436. The van der Waals surface area contributed by atoms with E-state index >= 15 is 0 Å². The molecule has 0 saturated heterocycles. The number of likely N-dealkylation sites (N-methyl/N-ethyl adjacent to an activating group) is 1. The fourth-order valence-electron chi connectivity index (χ4n) is 0.869. The van der Waals surface area contributed by atoms with Crippen molar-refractivity contribution in [3.05, 3.63) is 0 Å². The Morgan fingerprint density at radius 1 is 1.69 bits per heavy atom. The number of hydrogen-bond acceptors (Lipinski definition) is 4. The highest BCUT2D eigenvalue weighted by molar-refractivity contribution is 7.99. The second kappa shape index (κ2) is 7.17. The van der Waals surface area contributed by atoms with Crippen LogP contribution in [0.25, 0.3) is 0 Å². The van der Waals surface area contributed by atoms with Crippen molar-refractivity contribution < 1.29 is 9.90 Å². The van der Waals surface area contributed by atoms with Crippen molar-refractivity contribution in [1.29, 1.82) is 0 Å². The molecule has 2 atom stereocenters. The SMILES string of the molecule is CNC(CCSC(C)CO)C(N)=O. The lowest BCUT2D eigenvalue weighted by atomic mass is 10.2. The first-order valence-corrected chi connectivity index (χ1v) is 5.35. The third-order valence-electron chi connectivity index (χ3n) is 1.76. The molecule has 0 rings (SSSR count). The maximum atomic E-state index is 10.8. The van der Waals surface area contributed by atoms with Gasteiger partial charge in [0.1, 0.15) is 0 Å². The van der Waals surface area contributed by atoms with Gasteiger partial charge in [0.25, 0.3) is 0 Å².